The number of aromatic nitrogens is 2. The predicted molar refractivity (Wildman–Crippen MR) is 167 cm³/mol. The fraction of sp³-hybridized carbons (Fsp3) is 0.344. The van der Waals surface area contributed by atoms with Gasteiger partial charge in [0.25, 0.3) is 0 Å². The number of likely N-dealkylation sites (N-methyl/N-ethyl adjacent to an activating group) is 1. The number of anilines is 2. The SMILES string of the molecule is C=CC(=O)N1CCN(c2nc(N(C)CCOCCCC)nc3c(F)c(-c4cc(O)cc5ccccc45)c(Cl)cc23)CC1. The molecule has 1 fully saturated rings. The van der Waals surface area contributed by atoms with Crippen LogP contribution in [-0.4, -0.2) is 78.9 Å². The average molecular weight is 592 g/mol. The molecule has 220 valence electrons. The maximum Gasteiger partial charge on any atom is 0.246 e. The summed E-state index contributed by atoms with van der Waals surface area (Å²) < 4.78 is 22.4. The first-order valence-electron chi connectivity index (χ1n) is 14.2. The summed E-state index contributed by atoms with van der Waals surface area (Å²) in [7, 11) is 1.85. The molecule has 8 nitrogen and oxygen atoms in total. The Hall–Kier alpha value is -3.95. The van der Waals surface area contributed by atoms with E-state index >= 15 is 4.39 Å². The van der Waals surface area contributed by atoms with Crippen molar-refractivity contribution >= 4 is 50.9 Å². The van der Waals surface area contributed by atoms with Crippen LogP contribution in [-0.2, 0) is 9.53 Å². The number of nitrogens with zero attached hydrogens (tertiary/aromatic N) is 5. The zero-order chi connectivity index (χ0) is 29.8. The highest BCUT2D eigenvalue weighted by atomic mass is 35.5. The second kappa shape index (κ2) is 12.9. The summed E-state index contributed by atoms with van der Waals surface area (Å²) in [5.41, 5.74) is 0.773. The molecule has 1 amide bonds. The van der Waals surface area contributed by atoms with Gasteiger partial charge in [-0.1, -0.05) is 55.8 Å². The number of piperazine rings is 1. The third kappa shape index (κ3) is 5.98. The largest absolute Gasteiger partial charge is 0.508 e. The monoisotopic (exact) mass is 591 g/mol. The lowest BCUT2D eigenvalue weighted by atomic mass is 9.96. The van der Waals surface area contributed by atoms with E-state index < -0.39 is 5.82 Å². The quantitative estimate of drug-likeness (QED) is 0.178. The number of carbonyl (C=O) groups is 1. The average Bonchev–Trinajstić information content (AvgIpc) is 3.00. The molecule has 2 heterocycles. The first-order valence-corrected chi connectivity index (χ1v) is 14.6. The minimum Gasteiger partial charge on any atom is -0.508 e. The molecule has 0 saturated carbocycles. The predicted octanol–water partition coefficient (Wildman–Crippen LogP) is 6.04. The van der Waals surface area contributed by atoms with Crippen LogP contribution in [0.5, 0.6) is 5.75 Å². The van der Waals surface area contributed by atoms with Crippen LogP contribution in [0.4, 0.5) is 16.2 Å². The second-order valence-corrected chi connectivity index (χ2v) is 10.8. The number of unbranched alkanes of at least 4 members (excludes halogenated alkanes) is 1. The Kier molecular flexibility index (Phi) is 9.09. The van der Waals surface area contributed by atoms with Crippen molar-refractivity contribution in [2.24, 2.45) is 0 Å². The van der Waals surface area contributed by atoms with E-state index in [1.165, 1.54) is 12.1 Å². The number of ether oxygens (including phenoxy) is 1. The minimum absolute atomic E-state index is 0.0121. The van der Waals surface area contributed by atoms with Crippen LogP contribution < -0.4 is 9.80 Å². The first-order chi connectivity index (χ1) is 20.3. The molecule has 0 aliphatic carbocycles. The number of benzene rings is 3. The standard InChI is InChI=1S/C32H35ClFN5O3/c1-4-6-16-42-17-15-37(3)32-35-30-25(31(36-32)39-13-11-38(12-14-39)27(41)5-2)20-26(33)28(29(30)34)24-19-22(40)18-21-9-7-8-10-23(21)24/h5,7-10,18-20,40H,2,4,6,11-17H2,1,3H3. The van der Waals surface area contributed by atoms with Crippen molar-refractivity contribution < 1.29 is 19.0 Å². The molecule has 5 rings (SSSR count). The van der Waals surface area contributed by atoms with Gasteiger partial charge in [-0.05, 0) is 47.0 Å². The zero-order valence-corrected chi connectivity index (χ0v) is 24.7. The summed E-state index contributed by atoms with van der Waals surface area (Å²) in [6.45, 7) is 9.37. The molecule has 1 aliphatic rings. The summed E-state index contributed by atoms with van der Waals surface area (Å²) in [5, 5.41) is 12.7. The molecule has 1 aromatic heterocycles. The molecule has 10 heteroatoms. The van der Waals surface area contributed by atoms with Crippen molar-refractivity contribution in [1.82, 2.24) is 14.9 Å². The van der Waals surface area contributed by atoms with E-state index in [0.29, 0.717) is 68.7 Å². The number of phenols is 1. The molecule has 0 bridgehead atoms. The zero-order valence-electron chi connectivity index (χ0n) is 23.9. The number of aromatic hydroxyl groups is 1. The van der Waals surface area contributed by atoms with Gasteiger partial charge in [0.15, 0.2) is 5.82 Å². The van der Waals surface area contributed by atoms with Crippen LogP contribution in [0.2, 0.25) is 5.02 Å². The molecule has 0 atom stereocenters. The van der Waals surface area contributed by atoms with Gasteiger partial charge in [-0.15, -0.1) is 0 Å². The van der Waals surface area contributed by atoms with Crippen LogP contribution >= 0.6 is 11.6 Å². The van der Waals surface area contributed by atoms with Gasteiger partial charge in [0.2, 0.25) is 11.9 Å². The van der Waals surface area contributed by atoms with Crippen LogP contribution in [0.1, 0.15) is 19.8 Å². The molecule has 1 saturated heterocycles. The summed E-state index contributed by atoms with van der Waals surface area (Å²) in [6.07, 6.45) is 3.35. The molecular formula is C32H35ClFN5O3. The maximum absolute atomic E-state index is 16.7. The van der Waals surface area contributed by atoms with Crippen LogP contribution in [0.25, 0.3) is 32.8 Å². The molecule has 1 N–H and O–H groups in total. The van der Waals surface area contributed by atoms with Gasteiger partial charge in [-0.3, -0.25) is 4.79 Å². The highest BCUT2D eigenvalue weighted by molar-refractivity contribution is 6.35. The van der Waals surface area contributed by atoms with Crippen molar-refractivity contribution in [2.45, 2.75) is 19.8 Å². The fourth-order valence-corrected chi connectivity index (χ4v) is 5.54. The van der Waals surface area contributed by atoms with E-state index in [2.05, 4.69) is 13.5 Å². The number of fused-ring (bicyclic) bond motifs is 2. The third-order valence-corrected chi connectivity index (χ3v) is 7.89. The Morgan fingerprint density at radius 1 is 1.14 bits per heavy atom. The molecule has 0 spiro atoms. The lowest BCUT2D eigenvalue weighted by Gasteiger charge is -2.35. The molecule has 0 unspecified atom stereocenters. The Morgan fingerprint density at radius 2 is 1.90 bits per heavy atom. The minimum atomic E-state index is -0.591. The van der Waals surface area contributed by atoms with Crippen LogP contribution in [0.15, 0.2) is 55.1 Å². The third-order valence-electron chi connectivity index (χ3n) is 7.59. The van der Waals surface area contributed by atoms with Gasteiger partial charge in [0.05, 0.1) is 11.6 Å². The molecule has 1 aliphatic heterocycles. The highest BCUT2D eigenvalue weighted by Crippen LogP contribution is 2.42. The van der Waals surface area contributed by atoms with Crippen LogP contribution in [0, 0.1) is 5.82 Å². The van der Waals surface area contributed by atoms with Crippen molar-refractivity contribution in [3.8, 4) is 16.9 Å². The Labute approximate surface area is 250 Å². The van der Waals surface area contributed by atoms with E-state index in [4.69, 9.17) is 26.3 Å². The van der Waals surface area contributed by atoms with Crippen LogP contribution in [0.3, 0.4) is 0 Å². The molecule has 4 aromatic rings. The summed E-state index contributed by atoms with van der Waals surface area (Å²) in [5.74, 6) is 0.203. The number of hydrogen-bond acceptors (Lipinski definition) is 7. The summed E-state index contributed by atoms with van der Waals surface area (Å²) in [4.78, 5) is 27.3. The van der Waals surface area contributed by atoms with Gasteiger partial charge < -0.3 is 24.5 Å². The fourth-order valence-electron chi connectivity index (χ4n) is 5.25. The van der Waals surface area contributed by atoms with E-state index in [1.54, 1.807) is 17.0 Å². The Balaban J connectivity index is 1.62. The lowest BCUT2D eigenvalue weighted by Crippen LogP contribution is -2.48. The van der Waals surface area contributed by atoms with Gasteiger partial charge >= 0.3 is 0 Å². The summed E-state index contributed by atoms with van der Waals surface area (Å²) in [6, 6.07) is 12.3. The Bertz CT molecular complexity index is 1620. The smallest absolute Gasteiger partial charge is 0.246 e. The Morgan fingerprint density at radius 3 is 2.64 bits per heavy atom. The van der Waals surface area contributed by atoms with E-state index in [-0.39, 0.29) is 27.8 Å². The van der Waals surface area contributed by atoms with Crippen molar-refractivity contribution in [2.75, 3.05) is 62.8 Å². The van der Waals surface area contributed by atoms with Gasteiger partial charge in [0, 0.05) is 57.3 Å². The molecule has 3 aromatic carbocycles. The number of rotatable bonds is 10. The van der Waals surface area contributed by atoms with Gasteiger partial charge in [-0.25, -0.2) is 9.37 Å². The second-order valence-electron chi connectivity index (χ2n) is 10.4. The van der Waals surface area contributed by atoms with Crippen molar-refractivity contribution in [3.63, 3.8) is 0 Å². The van der Waals surface area contributed by atoms with Gasteiger partial charge in [-0.2, -0.15) is 4.98 Å². The number of phenolic OH excluding ortho intramolecular Hbond substituents is 1. The first kappa shape index (κ1) is 29.5. The number of halogens is 2. The number of hydrogen-bond donors (Lipinski definition) is 1. The van der Waals surface area contributed by atoms with Crippen molar-refractivity contribution in [1.29, 1.82) is 0 Å². The van der Waals surface area contributed by atoms with Gasteiger partial charge in [0.1, 0.15) is 17.1 Å². The molecule has 0 radical (unpaired) electrons. The normalized spacial score (nSPS) is 13.6. The van der Waals surface area contributed by atoms with E-state index in [1.807, 2.05) is 41.1 Å². The summed E-state index contributed by atoms with van der Waals surface area (Å²) >= 11 is 6.82. The van der Waals surface area contributed by atoms with E-state index in [9.17, 15) is 9.90 Å². The lowest BCUT2D eigenvalue weighted by molar-refractivity contribution is -0.126. The maximum atomic E-state index is 16.7. The number of amides is 1. The van der Waals surface area contributed by atoms with Crippen molar-refractivity contribution in [3.05, 3.63) is 66.0 Å². The highest BCUT2D eigenvalue weighted by Gasteiger charge is 2.27. The molecule has 42 heavy (non-hydrogen) atoms. The van der Waals surface area contributed by atoms with E-state index in [0.717, 1.165) is 23.6 Å². The number of carbonyl (C=O) groups excluding carboxylic acids is 1. The topological polar surface area (TPSA) is 82.0 Å². The molecular weight excluding hydrogens is 557 g/mol.